The number of nitro groups is 1. The van der Waals surface area contributed by atoms with Crippen LogP contribution in [0.2, 0.25) is 30.7 Å². The van der Waals surface area contributed by atoms with E-state index in [0.29, 0.717) is 47.7 Å². The summed E-state index contributed by atoms with van der Waals surface area (Å²) in [7, 11) is -1.38. The minimum atomic E-state index is -1.38. The Morgan fingerprint density at radius 2 is 1.96 bits per heavy atom. The molecule has 2 bridgehead atoms. The van der Waals surface area contributed by atoms with Gasteiger partial charge in [-0.05, 0) is 43.2 Å². The van der Waals surface area contributed by atoms with Gasteiger partial charge in [0.05, 0.1) is 32.5 Å². The molecule has 2 aromatic carbocycles. The van der Waals surface area contributed by atoms with Gasteiger partial charge < -0.3 is 19.8 Å². The number of imidazole rings is 1. The first kappa shape index (κ1) is 33.2. The maximum atomic E-state index is 14.8. The molecule has 46 heavy (non-hydrogen) atoms. The van der Waals surface area contributed by atoms with Gasteiger partial charge in [-0.25, -0.2) is 13.8 Å². The van der Waals surface area contributed by atoms with E-state index in [1.807, 2.05) is 0 Å². The van der Waals surface area contributed by atoms with E-state index in [4.69, 9.17) is 21.3 Å². The third kappa shape index (κ3) is 7.43. The fraction of sp³-hybridized carbons (Fsp3) is 0.344. The number of halogens is 3. The SMILES string of the molecule is C[Si](C)(C)CCOCn1cc2nc1C(c1ccc(-c3c(F)ccc(Cl)c3F)c[n+]1[O-])CCCCC(=O)Nc1cc([N+](=O)[O-])ccc1-2. The summed E-state index contributed by atoms with van der Waals surface area (Å²) in [5.41, 5.74) is 0.875. The first-order valence-corrected chi connectivity index (χ1v) is 19.0. The third-order valence-corrected chi connectivity index (χ3v) is 9.89. The third-order valence-electron chi connectivity index (χ3n) is 7.89. The van der Waals surface area contributed by atoms with Crippen LogP contribution in [0, 0.1) is 27.0 Å². The minimum Gasteiger partial charge on any atom is -0.618 e. The van der Waals surface area contributed by atoms with Crippen LogP contribution in [0.5, 0.6) is 0 Å². The highest BCUT2D eigenvalue weighted by atomic mass is 35.5. The molecule has 1 atom stereocenters. The number of nitro benzene ring substituents is 1. The second kappa shape index (κ2) is 13.7. The van der Waals surface area contributed by atoms with Gasteiger partial charge in [-0.3, -0.25) is 14.9 Å². The quantitative estimate of drug-likeness (QED) is 0.0391. The van der Waals surface area contributed by atoms with Crippen LogP contribution in [0.4, 0.5) is 20.2 Å². The molecule has 1 aliphatic heterocycles. The average molecular weight is 670 g/mol. The molecule has 10 nitrogen and oxygen atoms in total. The van der Waals surface area contributed by atoms with E-state index >= 15 is 0 Å². The van der Waals surface area contributed by atoms with Crippen LogP contribution in [0.1, 0.15) is 43.1 Å². The highest BCUT2D eigenvalue weighted by Crippen LogP contribution is 2.37. The second-order valence-corrected chi connectivity index (χ2v) is 18.6. The number of anilines is 1. The number of fused-ring (bicyclic) bond motifs is 4. The van der Waals surface area contributed by atoms with Crippen molar-refractivity contribution >= 4 is 37.0 Å². The number of rotatable bonds is 8. The number of hydrogen-bond donors (Lipinski definition) is 1. The Labute approximate surface area is 270 Å². The monoisotopic (exact) mass is 669 g/mol. The van der Waals surface area contributed by atoms with Crippen molar-refractivity contribution in [3.8, 4) is 22.4 Å². The van der Waals surface area contributed by atoms with Crippen molar-refractivity contribution in [3.63, 3.8) is 0 Å². The van der Waals surface area contributed by atoms with Gasteiger partial charge in [0.25, 0.3) is 5.69 Å². The van der Waals surface area contributed by atoms with Crippen molar-refractivity contribution in [2.24, 2.45) is 0 Å². The summed E-state index contributed by atoms with van der Waals surface area (Å²) >= 11 is 5.90. The van der Waals surface area contributed by atoms with Crippen LogP contribution < -0.4 is 10.0 Å². The van der Waals surface area contributed by atoms with Crippen molar-refractivity contribution in [2.45, 2.75) is 64.0 Å². The lowest BCUT2D eigenvalue weighted by Crippen LogP contribution is -2.34. The lowest BCUT2D eigenvalue weighted by atomic mass is 9.94. The zero-order valence-corrected chi connectivity index (χ0v) is 27.4. The van der Waals surface area contributed by atoms with E-state index in [1.54, 1.807) is 10.8 Å². The fourth-order valence-electron chi connectivity index (χ4n) is 5.41. The van der Waals surface area contributed by atoms with E-state index in [2.05, 4.69) is 25.0 Å². The molecule has 0 saturated carbocycles. The molecule has 1 unspecified atom stereocenters. The van der Waals surface area contributed by atoms with Crippen molar-refractivity contribution in [1.82, 2.24) is 9.55 Å². The van der Waals surface area contributed by atoms with Gasteiger partial charge in [-0.15, -0.1) is 0 Å². The lowest BCUT2D eigenvalue weighted by Gasteiger charge is -2.20. The summed E-state index contributed by atoms with van der Waals surface area (Å²) in [5.74, 6) is -2.20. The predicted octanol–water partition coefficient (Wildman–Crippen LogP) is 7.65. The minimum absolute atomic E-state index is 0.0234. The molecule has 5 rings (SSSR count). The van der Waals surface area contributed by atoms with Gasteiger partial charge in [0.1, 0.15) is 24.3 Å². The lowest BCUT2D eigenvalue weighted by molar-refractivity contribution is -0.614. The zero-order valence-electron chi connectivity index (χ0n) is 25.7. The number of carbonyl (C=O) groups is 1. The Hall–Kier alpha value is -4.20. The number of hydrogen-bond acceptors (Lipinski definition) is 6. The average Bonchev–Trinajstić information content (AvgIpc) is 3.40. The highest BCUT2D eigenvalue weighted by molar-refractivity contribution is 6.76. The second-order valence-electron chi connectivity index (χ2n) is 12.5. The Morgan fingerprint density at radius 3 is 2.67 bits per heavy atom. The maximum Gasteiger partial charge on any atom is 0.271 e. The summed E-state index contributed by atoms with van der Waals surface area (Å²) in [6, 6.07) is 10.3. The smallest absolute Gasteiger partial charge is 0.271 e. The molecule has 0 radical (unpaired) electrons. The molecule has 1 N–H and O–H groups in total. The van der Waals surface area contributed by atoms with Gasteiger partial charge in [0, 0.05) is 51.1 Å². The number of carbonyl (C=O) groups excluding carboxylic acids is 1. The molecule has 0 saturated heterocycles. The zero-order chi connectivity index (χ0) is 33.2. The molecule has 0 spiro atoms. The van der Waals surface area contributed by atoms with Crippen LogP contribution in [0.3, 0.4) is 0 Å². The first-order valence-electron chi connectivity index (χ1n) is 14.9. The molecule has 4 aromatic rings. The highest BCUT2D eigenvalue weighted by Gasteiger charge is 2.30. The number of aromatic nitrogens is 3. The molecule has 0 aliphatic carbocycles. The largest absolute Gasteiger partial charge is 0.618 e. The summed E-state index contributed by atoms with van der Waals surface area (Å²) < 4.78 is 37.9. The van der Waals surface area contributed by atoms with Crippen LogP contribution in [-0.2, 0) is 16.3 Å². The molecular weight excluding hydrogens is 636 g/mol. The number of non-ortho nitro benzene ring substituents is 1. The van der Waals surface area contributed by atoms with Crippen LogP contribution in [-0.4, -0.2) is 35.1 Å². The molecule has 3 heterocycles. The van der Waals surface area contributed by atoms with Crippen LogP contribution in [0.15, 0.2) is 54.9 Å². The standard InChI is InChI=1S/C32H34ClF2N5O5Si/c1-46(2,3)15-14-45-19-38-18-27-22-10-9-21(40(43)44)16-26(22)36-29(41)7-5-4-6-23(32(38)37-27)28-13-8-20(17-39(28)42)30-25(34)12-11-24(33)31(30)35/h8-13,16-18,23H,4-7,14-15,19H2,1-3H3,(H,36,41). The van der Waals surface area contributed by atoms with Crippen molar-refractivity contribution < 1.29 is 28.0 Å². The molecule has 242 valence electrons. The number of nitrogens with one attached hydrogen (secondary N) is 1. The molecule has 2 aromatic heterocycles. The Balaban J connectivity index is 1.62. The van der Waals surface area contributed by atoms with Crippen molar-refractivity contribution in [1.29, 1.82) is 0 Å². The first-order chi connectivity index (χ1) is 21.8. The topological polar surface area (TPSA) is 126 Å². The van der Waals surface area contributed by atoms with E-state index < -0.39 is 36.1 Å². The Morgan fingerprint density at radius 1 is 1.17 bits per heavy atom. The number of amides is 1. The van der Waals surface area contributed by atoms with Gasteiger partial charge in [0.15, 0.2) is 12.0 Å². The van der Waals surface area contributed by atoms with Gasteiger partial charge >= 0.3 is 0 Å². The molecule has 14 heteroatoms. The molecule has 1 aliphatic rings. The van der Waals surface area contributed by atoms with E-state index in [-0.39, 0.29) is 46.7 Å². The van der Waals surface area contributed by atoms with Crippen molar-refractivity contribution in [3.05, 3.63) is 98.4 Å². The van der Waals surface area contributed by atoms with Gasteiger partial charge in [0.2, 0.25) is 11.6 Å². The molecule has 1 amide bonds. The van der Waals surface area contributed by atoms with E-state index in [1.165, 1.54) is 30.3 Å². The molecular formula is C32H34ClF2N5O5Si. The summed E-state index contributed by atoms with van der Waals surface area (Å²) in [4.78, 5) is 28.7. The van der Waals surface area contributed by atoms with Crippen molar-refractivity contribution in [2.75, 3.05) is 11.9 Å². The van der Waals surface area contributed by atoms with Crippen LogP contribution in [0.25, 0.3) is 22.4 Å². The predicted molar refractivity (Wildman–Crippen MR) is 173 cm³/mol. The Bertz CT molecular complexity index is 1800. The van der Waals surface area contributed by atoms with Gasteiger partial charge in [-0.1, -0.05) is 37.7 Å². The maximum absolute atomic E-state index is 14.8. The van der Waals surface area contributed by atoms with Gasteiger partial charge in [-0.2, -0.15) is 4.73 Å². The number of ether oxygens (including phenoxy) is 1. The summed E-state index contributed by atoms with van der Waals surface area (Å²) in [5, 5.41) is 27.7. The Kier molecular flexibility index (Phi) is 9.84. The fourth-order valence-corrected chi connectivity index (χ4v) is 6.33. The summed E-state index contributed by atoms with van der Waals surface area (Å²) in [6.45, 7) is 7.40. The van der Waals surface area contributed by atoms with Crippen LogP contribution >= 0.6 is 11.6 Å². The van der Waals surface area contributed by atoms with E-state index in [0.717, 1.165) is 24.4 Å². The number of benzene rings is 2. The molecule has 0 fully saturated rings. The normalized spacial score (nSPS) is 15.4. The number of pyridine rings is 1. The summed E-state index contributed by atoms with van der Waals surface area (Å²) in [6.07, 6.45) is 4.47. The number of nitrogens with zero attached hydrogens (tertiary/aromatic N) is 4. The van der Waals surface area contributed by atoms with E-state index in [9.17, 15) is 28.9 Å².